The van der Waals surface area contributed by atoms with Gasteiger partial charge in [-0.15, -0.1) is 0 Å². The van der Waals surface area contributed by atoms with E-state index < -0.39 is 11.7 Å². The van der Waals surface area contributed by atoms with Gasteiger partial charge in [-0.3, -0.25) is 10.00 Å². The normalized spacial score (nSPS) is 14.2. The zero-order valence-corrected chi connectivity index (χ0v) is 14.6. The zero-order chi connectivity index (χ0) is 17.3. The standard InChI is InChI=1S/C18H24N4O2/c1-18(2,3)24-17(23)21-16-6-5-13(12-9-20-22(4)11-12)14-7-8-19-10-15(14)16/h5-6,9,11,19H,7-8,10H2,1-4H3,(H,21,23). The molecule has 3 rings (SSSR count). The van der Waals surface area contributed by atoms with Crippen molar-refractivity contribution in [3.63, 3.8) is 0 Å². The number of benzene rings is 1. The van der Waals surface area contributed by atoms with E-state index in [1.807, 2.05) is 52.3 Å². The summed E-state index contributed by atoms with van der Waals surface area (Å²) in [5.74, 6) is 0. The van der Waals surface area contributed by atoms with Crippen LogP contribution in [0.15, 0.2) is 24.5 Å². The third-order valence-corrected chi connectivity index (χ3v) is 3.94. The fraction of sp³-hybridized carbons (Fsp3) is 0.444. The van der Waals surface area contributed by atoms with Crippen LogP contribution in [0.25, 0.3) is 11.1 Å². The van der Waals surface area contributed by atoms with E-state index in [0.29, 0.717) is 0 Å². The third kappa shape index (κ3) is 3.59. The van der Waals surface area contributed by atoms with Crippen molar-refractivity contribution in [2.75, 3.05) is 11.9 Å². The first-order chi connectivity index (χ1) is 11.3. The number of fused-ring (bicyclic) bond motifs is 1. The summed E-state index contributed by atoms with van der Waals surface area (Å²) in [6, 6.07) is 3.99. The van der Waals surface area contributed by atoms with Crippen LogP contribution in [0.5, 0.6) is 0 Å². The average molecular weight is 328 g/mol. The van der Waals surface area contributed by atoms with Crippen LogP contribution in [0, 0.1) is 0 Å². The van der Waals surface area contributed by atoms with Gasteiger partial charge in [-0.25, -0.2) is 4.79 Å². The van der Waals surface area contributed by atoms with Crippen molar-refractivity contribution in [3.05, 3.63) is 35.7 Å². The molecule has 1 aliphatic heterocycles. The minimum atomic E-state index is -0.516. The van der Waals surface area contributed by atoms with Crippen molar-refractivity contribution in [1.82, 2.24) is 15.1 Å². The van der Waals surface area contributed by atoms with Gasteiger partial charge in [-0.1, -0.05) is 6.07 Å². The number of carbonyl (C=O) groups is 1. The minimum Gasteiger partial charge on any atom is -0.444 e. The first-order valence-corrected chi connectivity index (χ1v) is 8.18. The van der Waals surface area contributed by atoms with Gasteiger partial charge in [0.2, 0.25) is 0 Å². The van der Waals surface area contributed by atoms with Gasteiger partial charge in [-0.05, 0) is 56.5 Å². The maximum Gasteiger partial charge on any atom is 0.412 e. The van der Waals surface area contributed by atoms with Crippen molar-refractivity contribution in [2.45, 2.75) is 39.3 Å². The van der Waals surface area contributed by atoms with E-state index >= 15 is 0 Å². The summed E-state index contributed by atoms with van der Waals surface area (Å²) in [6.07, 6.45) is 4.38. The van der Waals surface area contributed by atoms with E-state index in [2.05, 4.69) is 15.7 Å². The highest BCUT2D eigenvalue weighted by atomic mass is 16.6. The molecule has 0 aliphatic carbocycles. The SMILES string of the molecule is Cn1cc(-c2ccc(NC(=O)OC(C)(C)C)c3c2CCNC3)cn1. The topological polar surface area (TPSA) is 68.2 Å². The maximum atomic E-state index is 12.1. The van der Waals surface area contributed by atoms with Crippen LogP contribution in [0.4, 0.5) is 10.5 Å². The number of anilines is 1. The predicted octanol–water partition coefficient (Wildman–Crippen LogP) is 3.08. The van der Waals surface area contributed by atoms with Crippen molar-refractivity contribution in [1.29, 1.82) is 0 Å². The van der Waals surface area contributed by atoms with E-state index in [4.69, 9.17) is 4.74 Å². The molecule has 0 saturated carbocycles. The van der Waals surface area contributed by atoms with Crippen molar-refractivity contribution in [3.8, 4) is 11.1 Å². The maximum absolute atomic E-state index is 12.1. The molecule has 0 bridgehead atoms. The summed E-state index contributed by atoms with van der Waals surface area (Å²) < 4.78 is 7.17. The highest BCUT2D eigenvalue weighted by Gasteiger charge is 2.21. The van der Waals surface area contributed by atoms with Crippen molar-refractivity contribution >= 4 is 11.8 Å². The Balaban J connectivity index is 1.93. The number of rotatable bonds is 2. The van der Waals surface area contributed by atoms with Gasteiger partial charge in [0.15, 0.2) is 0 Å². The number of nitrogens with zero attached hydrogens (tertiary/aromatic N) is 2. The molecule has 2 N–H and O–H groups in total. The summed E-state index contributed by atoms with van der Waals surface area (Å²) in [6.45, 7) is 7.23. The summed E-state index contributed by atoms with van der Waals surface area (Å²) in [4.78, 5) is 12.1. The fourth-order valence-corrected chi connectivity index (χ4v) is 2.97. The number of carbonyl (C=O) groups excluding carboxylic acids is 1. The molecule has 6 heteroatoms. The van der Waals surface area contributed by atoms with E-state index in [-0.39, 0.29) is 0 Å². The second-order valence-corrected chi connectivity index (χ2v) is 7.07. The highest BCUT2D eigenvalue weighted by Crippen LogP contribution is 2.33. The third-order valence-electron chi connectivity index (χ3n) is 3.94. The molecule has 6 nitrogen and oxygen atoms in total. The molecule has 0 spiro atoms. The van der Waals surface area contributed by atoms with Gasteiger partial charge < -0.3 is 10.1 Å². The van der Waals surface area contributed by atoms with Gasteiger partial charge in [0.1, 0.15) is 5.60 Å². The number of aryl methyl sites for hydroxylation is 1. The zero-order valence-electron chi connectivity index (χ0n) is 14.6. The molecule has 0 atom stereocenters. The molecule has 1 aromatic carbocycles. The molecule has 0 fully saturated rings. The molecule has 1 aliphatic rings. The van der Waals surface area contributed by atoms with E-state index in [1.165, 1.54) is 11.1 Å². The Bertz CT molecular complexity index is 759. The molecule has 2 heterocycles. The Morgan fingerprint density at radius 3 is 2.79 bits per heavy atom. The lowest BCUT2D eigenvalue weighted by molar-refractivity contribution is 0.0635. The number of hydrogen-bond acceptors (Lipinski definition) is 4. The number of ether oxygens (including phenoxy) is 1. The molecular formula is C18H24N4O2. The Kier molecular flexibility index (Phi) is 4.32. The summed E-state index contributed by atoms with van der Waals surface area (Å²) in [7, 11) is 1.91. The van der Waals surface area contributed by atoms with Gasteiger partial charge >= 0.3 is 6.09 Å². The number of aromatic nitrogens is 2. The predicted molar refractivity (Wildman–Crippen MR) is 93.9 cm³/mol. The Morgan fingerprint density at radius 2 is 2.12 bits per heavy atom. The van der Waals surface area contributed by atoms with Crippen LogP contribution >= 0.6 is 0 Å². The lowest BCUT2D eigenvalue weighted by Crippen LogP contribution is -2.29. The minimum absolute atomic E-state index is 0.426. The molecule has 2 aromatic rings. The van der Waals surface area contributed by atoms with Gasteiger partial charge in [-0.2, -0.15) is 5.10 Å². The first-order valence-electron chi connectivity index (χ1n) is 8.18. The molecule has 0 unspecified atom stereocenters. The van der Waals surface area contributed by atoms with Gasteiger partial charge in [0, 0.05) is 31.0 Å². The molecule has 0 saturated heterocycles. The van der Waals surface area contributed by atoms with Crippen LogP contribution in [-0.2, 0) is 24.8 Å². The Hall–Kier alpha value is -2.34. The van der Waals surface area contributed by atoms with Crippen LogP contribution in [0.2, 0.25) is 0 Å². The van der Waals surface area contributed by atoms with Crippen LogP contribution < -0.4 is 10.6 Å². The second kappa shape index (κ2) is 6.28. The average Bonchev–Trinajstić information content (AvgIpc) is 2.92. The lowest BCUT2D eigenvalue weighted by Gasteiger charge is -2.25. The summed E-state index contributed by atoms with van der Waals surface area (Å²) in [5.41, 5.74) is 4.94. The summed E-state index contributed by atoms with van der Waals surface area (Å²) in [5, 5.41) is 10.5. The Morgan fingerprint density at radius 1 is 1.33 bits per heavy atom. The van der Waals surface area contributed by atoms with Crippen LogP contribution in [0.1, 0.15) is 31.9 Å². The van der Waals surface area contributed by atoms with Crippen LogP contribution in [-0.4, -0.2) is 28.0 Å². The molecule has 128 valence electrons. The van der Waals surface area contributed by atoms with Crippen LogP contribution in [0.3, 0.4) is 0 Å². The van der Waals surface area contributed by atoms with Gasteiger partial charge in [0.05, 0.1) is 6.20 Å². The first kappa shape index (κ1) is 16.5. The molecule has 0 radical (unpaired) electrons. The number of amides is 1. The van der Waals surface area contributed by atoms with E-state index in [9.17, 15) is 4.79 Å². The monoisotopic (exact) mass is 328 g/mol. The lowest BCUT2D eigenvalue weighted by atomic mass is 9.91. The molecule has 24 heavy (non-hydrogen) atoms. The molecule has 1 amide bonds. The molecular weight excluding hydrogens is 304 g/mol. The van der Waals surface area contributed by atoms with E-state index in [0.717, 1.165) is 36.3 Å². The molecule has 1 aromatic heterocycles. The summed E-state index contributed by atoms with van der Waals surface area (Å²) >= 11 is 0. The number of hydrogen-bond donors (Lipinski definition) is 2. The van der Waals surface area contributed by atoms with E-state index in [1.54, 1.807) is 4.68 Å². The largest absolute Gasteiger partial charge is 0.444 e. The highest BCUT2D eigenvalue weighted by molar-refractivity contribution is 5.87. The fourth-order valence-electron chi connectivity index (χ4n) is 2.97. The van der Waals surface area contributed by atoms with Crippen molar-refractivity contribution < 1.29 is 9.53 Å². The second-order valence-electron chi connectivity index (χ2n) is 7.07. The quantitative estimate of drug-likeness (QED) is 0.889. The number of nitrogens with one attached hydrogen (secondary N) is 2. The Labute approximate surface area is 142 Å². The van der Waals surface area contributed by atoms with Gasteiger partial charge in [0.25, 0.3) is 0 Å². The van der Waals surface area contributed by atoms with Crippen molar-refractivity contribution in [2.24, 2.45) is 7.05 Å². The smallest absolute Gasteiger partial charge is 0.412 e.